The second kappa shape index (κ2) is 9.28. The fraction of sp³-hybridized carbons (Fsp3) is 0.111. The van der Waals surface area contributed by atoms with Crippen LogP contribution in [0.25, 0.3) is 6.08 Å². The molecule has 7 nitrogen and oxygen atoms in total. The van der Waals surface area contributed by atoms with E-state index in [0.717, 1.165) is 11.3 Å². The fourth-order valence-corrected chi connectivity index (χ4v) is 2.21. The summed E-state index contributed by atoms with van der Waals surface area (Å²) >= 11 is 5.05. The Bertz CT molecular complexity index is 817. The first-order chi connectivity index (χ1) is 12.5. The zero-order valence-corrected chi connectivity index (χ0v) is 14.8. The number of nitrogens with zero attached hydrogens (tertiary/aromatic N) is 1. The van der Waals surface area contributed by atoms with E-state index in [-0.39, 0.29) is 10.8 Å². The van der Waals surface area contributed by atoms with E-state index in [2.05, 4.69) is 10.6 Å². The molecule has 0 saturated carbocycles. The van der Waals surface area contributed by atoms with Crippen LogP contribution >= 0.6 is 12.2 Å². The van der Waals surface area contributed by atoms with E-state index >= 15 is 0 Å². The zero-order chi connectivity index (χ0) is 18.9. The summed E-state index contributed by atoms with van der Waals surface area (Å²) in [6.45, 7) is 2.50. The van der Waals surface area contributed by atoms with Gasteiger partial charge in [-0.2, -0.15) is 0 Å². The molecule has 0 radical (unpaired) electrons. The molecular weight excluding hydrogens is 354 g/mol. The average Bonchev–Trinajstić information content (AvgIpc) is 2.61. The van der Waals surface area contributed by atoms with Crippen molar-refractivity contribution in [2.24, 2.45) is 0 Å². The first-order valence-electron chi connectivity index (χ1n) is 7.75. The summed E-state index contributed by atoms with van der Waals surface area (Å²) in [7, 11) is 0. The minimum atomic E-state index is -0.490. The van der Waals surface area contributed by atoms with Crippen molar-refractivity contribution in [1.82, 2.24) is 5.32 Å². The number of hydrogen-bond donors (Lipinski definition) is 2. The predicted octanol–water partition coefficient (Wildman–Crippen LogP) is 3.52. The monoisotopic (exact) mass is 371 g/mol. The average molecular weight is 371 g/mol. The highest BCUT2D eigenvalue weighted by Gasteiger charge is 2.06. The highest BCUT2D eigenvalue weighted by atomic mass is 32.1. The maximum absolute atomic E-state index is 11.9. The highest BCUT2D eigenvalue weighted by molar-refractivity contribution is 7.80. The Hall–Kier alpha value is -3.26. The maximum atomic E-state index is 11.9. The third-order valence-corrected chi connectivity index (χ3v) is 3.40. The van der Waals surface area contributed by atoms with Crippen LogP contribution in [-0.4, -0.2) is 22.5 Å². The molecule has 0 aliphatic carbocycles. The van der Waals surface area contributed by atoms with E-state index in [0.29, 0.717) is 12.3 Å². The molecule has 8 heteroatoms. The summed E-state index contributed by atoms with van der Waals surface area (Å²) in [5.41, 5.74) is 1.36. The number of carbonyl (C=O) groups is 1. The topological polar surface area (TPSA) is 93.5 Å². The minimum Gasteiger partial charge on any atom is -0.494 e. The zero-order valence-electron chi connectivity index (χ0n) is 14.0. The lowest BCUT2D eigenvalue weighted by Gasteiger charge is -2.07. The smallest absolute Gasteiger partial charge is 0.269 e. The van der Waals surface area contributed by atoms with Crippen LogP contribution in [0.1, 0.15) is 12.5 Å². The van der Waals surface area contributed by atoms with Crippen molar-refractivity contribution < 1.29 is 14.5 Å². The molecule has 2 N–H and O–H groups in total. The highest BCUT2D eigenvalue weighted by Crippen LogP contribution is 2.15. The normalized spacial score (nSPS) is 10.3. The van der Waals surface area contributed by atoms with Gasteiger partial charge in [0.05, 0.1) is 11.5 Å². The summed E-state index contributed by atoms with van der Waals surface area (Å²) in [4.78, 5) is 22.0. The fourth-order valence-electron chi connectivity index (χ4n) is 2.00. The minimum absolute atomic E-state index is 0.0243. The van der Waals surface area contributed by atoms with Crippen LogP contribution in [0.4, 0.5) is 11.4 Å². The van der Waals surface area contributed by atoms with Crippen LogP contribution in [0.5, 0.6) is 5.75 Å². The lowest BCUT2D eigenvalue weighted by Crippen LogP contribution is -2.32. The number of thiocarbonyl (C=S) groups is 1. The molecule has 0 heterocycles. The molecule has 0 fully saturated rings. The van der Waals surface area contributed by atoms with Crippen molar-refractivity contribution in [2.45, 2.75) is 6.92 Å². The standard InChI is InChI=1S/C18H17N3O4S/c1-2-25-16-10-3-13(4-11-16)5-12-17(22)20-18(26)19-14-6-8-15(9-7-14)21(23)24/h3-12H,2H2,1H3,(H2,19,20,22,26)/b12-5+. The quantitative estimate of drug-likeness (QED) is 0.349. The van der Waals surface area contributed by atoms with Gasteiger partial charge in [-0.15, -0.1) is 0 Å². The SMILES string of the molecule is CCOc1ccc(/C=C/C(=O)NC(=S)Nc2ccc([N+](=O)[O-])cc2)cc1. The van der Waals surface area contributed by atoms with Gasteiger partial charge >= 0.3 is 0 Å². The van der Waals surface area contributed by atoms with E-state index in [1.54, 1.807) is 6.08 Å². The van der Waals surface area contributed by atoms with E-state index in [1.165, 1.54) is 30.3 Å². The molecular formula is C18H17N3O4S. The number of non-ortho nitro benzene ring substituents is 1. The Morgan fingerprint density at radius 3 is 2.42 bits per heavy atom. The molecule has 134 valence electrons. The van der Waals surface area contributed by atoms with E-state index < -0.39 is 10.8 Å². The molecule has 0 saturated heterocycles. The molecule has 0 unspecified atom stereocenters. The van der Waals surface area contributed by atoms with Crippen LogP contribution in [0.3, 0.4) is 0 Å². The number of anilines is 1. The third-order valence-electron chi connectivity index (χ3n) is 3.19. The molecule has 0 aromatic heterocycles. The molecule has 0 aliphatic heterocycles. The number of hydrogen-bond acceptors (Lipinski definition) is 5. The Labute approximate surface area is 155 Å². The molecule has 26 heavy (non-hydrogen) atoms. The molecule has 0 atom stereocenters. The van der Waals surface area contributed by atoms with Gasteiger partial charge in [0.2, 0.25) is 5.91 Å². The molecule has 0 spiro atoms. The van der Waals surface area contributed by atoms with Gasteiger partial charge in [0.1, 0.15) is 5.75 Å². The van der Waals surface area contributed by atoms with Gasteiger partial charge in [-0.1, -0.05) is 12.1 Å². The number of nitrogens with one attached hydrogen (secondary N) is 2. The Balaban J connectivity index is 1.86. The van der Waals surface area contributed by atoms with Crippen molar-refractivity contribution in [2.75, 3.05) is 11.9 Å². The second-order valence-corrected chi connectivity index (χ2v) is 5.49. The summed E-state index contributed by atoms with van der Waals surface area (Å²) in [5, 5.41) is 16.0. The van der Waals surface area contributed by atoms with E-state index in [4.69, 9.17) is 17.0 Å². The van der Waals surface area contributed by atoms with Crippen molar-refractivity contribution >= 4 is 40.7 Å². The Kier molecular flexibility index (Phi) is 6.81. The molecule has 0 aliphatic rings. The number of nitro groups is 1. The Morgan fingerprint density at radius 1 is 1.19 bits per heavy atom. The number of nitro benzene ring substituents is 1. The molecule has 2 rings (SSSR count). The number of benzene rings is 2. The summed E-state index contributed by atoms with van der Waals surface area (Å²) in [5.74, 6) is 0.376. The van der Waals surface area contributed by atoms with Crippen molar-refractivity contribution in [3.63, 3.8) is 0 Å². The van der Waals surface area contributed by atoms with E-state index in [1.807, 2.05) is 31.2 Å². The van der Waals surface area contributed by atoms with Gasteiger partial charge in [-0.3, -0.25) is 20.2 Å². The summed E-state index contributed by atoms with van der Waals surface area (Å²) < 4.78 is 5.35. The lowest BCUT2D eigenvalue weighted by molar-refractivity contribution is -0.384. The molecule has 2 aromatic rings. The van der Waals surface area contributed by atoms with Gasteiger partial charge in [-0.05, 0) is 55.0 Å². The number of carbonyl (C=O) groups excluding carboxylic acids is 1. The third kappa shape index (κ3) is 5.99. The van der Waals surface area contributed by atoms with Gasteiger partial charge in [-0.25, -0.2) is 0 Å². The number of ether oxygens (including phenoxy) is 1. The van der Waals surface area contributed by atoms with Gasteiger partial charge in [0.15, 0.2) is 5.11 Å². The van der Waals surface area contributed by atoms with Gasteiger partial charge < -0.3 is 10.1 Å². The van der Waals surface area contributed by atoms with Crippen LogP contribution < -0.4 is 15.4 Å². The lowest BCUT2D eigenvalue weighted by atomic mass is 10.2. The van der Waals surface area contributed by atoms with Gasteiger partial charge in [0.25, 0.3) is 5.69 Å². The largest absolute Gasteiger partial charge is 0.494 e. The number of amides is 1. The maximum Gasteiger partial charge on any atom is 0.269 e. The van der Waals surface area contributed by atoms with Gasteiger partial charge in [0, 0.05) is 23.9 Å². The molecule has 0 bridgehead atoms. The predicted molar refractivity (Wildman–Crippen MR) is 104 cm³/mol. The second-order valence-electron chi connectivity index (χ2n) is 5.08. The summed E-state index contributed by atoms with van der Waals surface area (Å²) in [6, 6.07) is 13.0. The van der Waals surface area contributed by atoms with Crippen LogP contribution in [0.15, 0.2) is 54.6 Å². The number of rotatable bonds is 6. The van der Waals surface area contributed by atoms with Crippen molar-refractivity contribution in [3.05, 3.63) is 70.3 Å². The van der Waals surface area contributed by atoms with E-state index in [9.17, 15) is 14.9 Å². The molecule has 2 aromatic carbocycles. The van der Waals surface area contributed by atoms with Crippen molar-refractivity contribution in [3.8, 4) is 5.75 Å². The van der Waals surface area contributed by atoms with Crippen LogP contribution in [0.2, 0.25) is 0 Å². The first kappa shape index (κ1) is 19.1. The van der Waals surface area contributed by atoms with Crippen LogP contribution in [-0.2, 0) is 4.79 Å². The molecule has 1 amide bonds. The first-order valence-corrected chi connectivity index (χ1v) is 8.16. The van der Waals surface area contributed by atoms with Crippen LogP contribution in [0, 0.1) is 10.1 Å². The van der Waals surface area contributed by atoms with Crippen molar-refractivity contribution in [1.29, 1.82) is 0 Å². The Morgan fingerprint density at radius 2 is 1.85 bits per heavy atom. The summed E-state index contributed by atoms with van der Waals surface area (Å²) in [6.07, 6.45) is 3.01.